The standard InChI is InChI=1S/C12H14N4O2/c13-7-1-3-10-9(5-7)16-12(18-10)14-6-8-2-4-11(17)15-8/h1,3,5,8H,2,4,6,13H2,(H,14,16)(H,15,17). The van der Waals surface area contributed by atoms with Crippen molar-refractivity contribution < 1.29 is 9.21 Å². The largest absolute Gasteiger partial charge is 0.424 e. The van der Waals surface area contributed by atoms with Crippen LogP contribution in [0.4, 0.5) is 11.7 Å². The first-order valence-electron chi connectivity index (χ1n) is 5.90. The van der Waals surface area contributed by atoms with Crippen LogP contribution in [0.25, 0.3) is 11.1 Å². The number of oxazole rings is 1. The SMILES string of the molecule is Nc1ccc2oc(NCC3CCC(=O)N3)nc2c1. The molecule has 1 aromatic carbocycles. The molecule has 0 radical (unpaired) electrons. The molecule has 0 bridgehead atoms. The van der Waals surface area contributed by atoms with E-state index in [4.69, 9.17) is 10.2 Å². The zero-order chi connectivity index (χ0) is 12.5. The van der Waals surface area contributed by atoms with Gasteiger partial charge in [-0.3, -0.25) is 4.79 Å². The van der Waals surface area contributed by atoms with Crippen LogP contribution in [-0.2, 0) is 4.79 Å². The molecular formula is C12H14N4O2. The molecule has 4 N–H and O–H groups in total. The highest BCUT2D eigenvalue weighted by Gasteiger charge is 2.20. The number of amides is 1. The molecule has 0 spiro atoms. The van der Waals surface area contributed by atoms with E-state index in [1.165, 1.54) is 0 Å². The summed E-state index contributed by atoms with van der Waals surface area (Å²) in [5, 5.41) is 5.96. The third kappa shape index (κ3) is 2.09. The minimum Gasteiger partial charge on any atom is -0.424 e. The number of rotatable bonds is 3. The number of nitrogen functional groups attached to an aromatic ring is 1. The van der Waals surface area contributed by atoms with Crippen LogP contribution in [0.15, 0.2) is 22.6 Å². The van der Waals surface area contributed by atoms with Gasteiger partial charge in [-0.1, -0.05) is 0 Å². The quantitative estimate of drug-likeness (QED) is 0.705. The fraction of sp³-hybridized carbons (Fsp3) is 0.333. The van der Waals surface area contributed by atoms with Crippen LogP contribution in [-0.4, -0.2) is 23.5 Å². The van der Waals surface area contributed by atoms with Gasteiger partial charge in [-0.2, -0.15) is 4.98 Å². The second-order valence-electron chi connectivity index (χ2n) is 4.43. The van der Waals surface area contributed by atoms with E-state index in [1.54, 1.807) is 18.2 Å². The van der Waals surface area contributed by atoms with Gasteiger partial charge in [-0.15, -0.1) is 0 Å². The number of benzene rings is 1. The van der Waals surface area contributed by atoms with Gasteiger partial charge in [0.2, 0.25) is 5.91 Å². The summed E-state index contributed by atoms with van der Waals surface area (Å²) in [6.45, 7) is 0.619. The highest BCUT2D eigenvalue weighted by molar-refractivity contribution is 5.79. The Morgan fingerprint density at radius 3 is 3.22 bits per heavy atom. The lowest BCUT2D eigenvalue weighted by Gasteiger charge is -2.08. The van der Waals surface area contributed by atoms with Crippen molar-refractivity contribution in [1.82, 2.24) is 10.3 Å². The number of nitrogens with two attached hydrogens (primary N) is 1. The van der Waals surface area contributed by atoms with Crippen molar-refractivity contribution in [3.05, 3.63) is 18.2 Å². The smallest absolute Gasteiger partial charge is 0.295 e. The Kier molecular flexibility index (Phi) is 2.55. The molecule has 1 atom stereocenters. The molecular weight excluding hydrogens is 232 g/mol. The Labute approximate surface area is 104 Å². The fourth-order valence-corrected chi connectivity index (χ4v) is 2.06. The molecule has 1 fully saturated rings. The third-order valence-corrected chi connectivity index (χ3v) is 3.00. The summed E-state index contributed by atoms with van der Waals surface area (Å²) in [5.74, 6) is 0.104. The molecule has 1 amide bonds. The molecule has 1 unspecified atom stereocenters. The molecule has 1 aromatic heterocycles. The number of nitrogens with one attached hydrogen (secondary N) is 2. The van der Waals surface area contributed by atoms with Crippen molar-refractivity contribution in [3.63, 3.8) is 0 Å². The van der Waals surface area contributed by atoms with Gasteiger partial charge in [0.25, 0.3) is 6.01 Å². The average Bonchev–Trinajstić information content (AvgIpc) is 2.92. The van der Waals surface area contributed by atoms with Crippen LogP contribution in [0.2, 0.25) is 0 Å². The van der Waals surface area contributed by atoms with Crippen LogP contribution >= 0.6 is 0 Å². The Hall–Kier alpha value is -2.24. The first kappa shape index (κ1) is 10.9. The van der Waals surface area contributed by atoms with Gasteiger partial charge in [-0.25, -0.2) is 0 Å². The molecule has 0 aliphatic carbocycles. The van der Waals surface area contributed by atoms with Crippen molar-refractivity contribution >= 4 is 28.7 Å². The summed E-state index contributed by atoms with van der Waals surface area (Å²) in [4.78, 5) is 15.3. The summed E-state index contributed by atoms with van der Waals surface area (Å²) >= 11 is 0. The Balaban J connectivity index is 1.69. The van der Waals surface area contributed by atoms with Crippen molar-refractivity contribution in [2.45, 2.75) is 18.9 Å². The first-order valence-corrected chi connectivity index (χ1v) is 5.90. The van der Waals surface area contributed by atoms with Gasteiger partial charge in [0.05, 0.1) is 0 Å². The van der Waals surface area contributed by atoms with E-state index in [2.05, 4.69) is 15.6 Å². The highest BCUT2D eigenvalue weighted by Crippen LogP contribution is 2.21. The van der Waals surface area contributed by atoms with E-state index >= 15 is 0 Å². The first-order chi connectivity index (χ1) is 8.70. The second kappa shape index (κ2) is 4.21. The number of fused-ring (bicyclic) bond motifs is 1. The molecule has 1 aliphatic rings. The number of hydrogen-bond acceptors (Lipinski definition) is 5. The number of carbonyl (C=O) groups excluding carboxylic acids is 1. The molecule has 1 saturated heterocycles. The second-order valence-corrected chi connectivity index (χ2v) is 4.43. The predicted molar refractivity (Wildman–Crippen MR) is 68.1 cm³/mol. The van der Waals surface area contributed by atoms with Gasteiger partial charge in [0.15, 0.2) is 5.58 Å². The van der Waals surface area contributed by atoms with E-state index in [-0.39, 0.29) is 11.9 Å². The molecule has 3 rings (SSSR count). The number of carbonyl (C=O) groups is 1. The van der Waals surface area contributed by atoms with Gasteiger partial charge < -0.3 is 20.8 Å². The van der Waals surface area contributed by atoms with Crippen LogP contribution in [0.5, 0.6) is 0 Å². The molecule has 94 valence electrons. The lowest BCUT2D eigenvalue weighted by molar-refractivity contribution is -0.119. The lowest BCUT2D eigenvalue weighted by Crippen LogP contribution is -2.31. The van der Waals surface area contributed by atoms with Gasteiger partial charge in [0.1, 0.15) is 5.52 Å². The zero-order valence-electron chi connectivity index (χ0n) is 9.77. The molecule has 18 heavy (non-hydrogen) atoms. The van der Waals surface area contributed by atoms with E-state index in [0.717, 1.165) is 11.9 Å². The molecule has 2 aromatic rings. The van der Waals surface area contributed by atoms with Crippen molar-refractivity contribution in [3.8, 4) is 0 Å². The van der Waals surface area contributed by atoms with Crippen LogP contribution < -0.4 is 16.4 Å². The topological polar surface area (TPSA) is 93.2 Å². The minimum atomic E-state index is 0.104. The Morgan fingerprint density at radius 2 is 2.44 bits per heavy atom. The van der Waals surface area contributed by atoms with Crippen molar-refractivity contribution in [1.29, 1.82) is 0 Å². The Morgan fingerprint density at radius 1 is 1.56 bits per heavy atom. The van der Waals surface area contributed by atoms with E-state index in [1.807, 2.05) is 0 Å². The summed E-state index contributed by atoms with van der Waals surface area (Å²) in [6, 6.07) is 5.94. The highest BCUT2D eigenvalue weighted by atomic mass is 16.4. The van der Waals surface area contributed by atoms with E-state index < -0.39 is 0 Å². The van der Waals surface area contributed by atoms with Gasteiger partial charge in [-0.05, 0) is 24.6 Å². The molecule has 2 heterocycles. The normalized spacial score (nSPS) is 19.1. The van der Waals surface area contributed by atoms with E-state index in [9.17, 15) is 4.79 Å². The summed E-state index contributed by atoms with van der Waals surface area (Å²) in [7, 11) is 0. The maximum Gasteiger partial charge on any atom is 0.295 e. The lowest BCUT2D eigenvalue weighted by atomic mass is 10.2. The maximum absolute atomic E-state index is 11.1. The van der Waals surface area contributed by atoms with Crippen molar-refractivity contribution in [2.24, 2.45) is 0 Å². The monoisotopic (exact) mass is 246 g/mol. The van der Waals surface area contributed by atoms with Gasteiger partial charge in [0, 0.05) is 24.7 Å². The summed E-state index contributed by atoms with van der Waals surface area (Å²) < 4.78 is 5.52. The van der Waals surface area contributed by atoms with Crippen LogP contribution in [0.1, 0.15) is 12.8 Å². The molecule has 1 aliphatic heterocycles. The molecule has 6 heteroatoms. The number of hydrogen-bond donors (Lipinski definition) is 3. The predicted octanol–water partition coefficient (Wildman–Crippen LogP) is 1.10. The minimum absolute atomic E-state index is 0.104. The number of anilines is 2. The van der Waals surface area contributed by atoms with Crippen molar-refractivity contribution in [2.75, 3.05) is 17.6 Å². The number of aromatic nitrogens is 1. The van der Waals surface area contributed by atoms with Crippen LogP contribution in [0, 0.1) is 0 Å². The third-order valence-electron chi connectivity index (χ3n) is 3.00. The summed E-state index contributed by atoms with van der Waals surface area (Å²) in [5.41, 5.74) is 7.76. The van der Waals surface area contributed by atoms with Gasteiger partial charge >= 0.3 is 0 Å². The molecule has 0 saturated carbocycles. The zero-order valence-corrected chi connectivity index (χ0v) is 9.77. The Bertz CT molecular complexity index is 593. The average molecular weight is 246 g/mol. The van der Waals surface area contributed by atoms with Crippen LogP contribution in [0.3, 0.4) is 0 Å². The maximum atomic E-state index is 11.1. The molecule has 6 nitrogen and oxygen atoms in total. The summed E-state index contributed by atoms with van der Waals surface area (Å²) in [6.07, 6.45) is 1.44. The fourth-order valence-electron chi connectivity index (χ4n) is 2.06. The van der Waals surface area contributed by atoms with E-state index in [0.29, 0.717) is 30.3 Å². The number of nitrogens with zero attached hydrogens (tertiary/aromatic N) is 1.